The summed E-state index contributed by atoms with van der Waals surface area (Å²) in [6, 6.07) is 0. The molecule has 1 saturated heterocycles. The molecule has 0 aromatic heterocycles. The first kappa shape index (κ1) is 12.1. The summed E-state index contributed by atoms with van der Waals surface area (Å²) in [7, 11) is 0. The molecule has 0 aromatic rings. The first-order valence-electron chi connectivity index (χ1n) is 7.15. The van der Waals surface area contributed by atoms with Gasteiger partial charge in [0.15, 0.2) is 18.8 Å². The summed E-state index contributed by atoms with van der Waals surface area (Å²) < 4.78 is 2.65. The van der Waals surface area contributed by atoms with E-state index in [4.69, 9.17) is 0 Å². The summed E-state index contributed by atoms with van der Waals surface area (Å²) in [4.78, 5) is 2.62. The molecule has 0 saturated carbocycles. The van der Waals surface area contributed by atoms with Gasteiger partial charge in [0.1, 0.15) is 0 Å². The van der Waals surface area contributed by atoms with Crippen molar-refractivity contribution in [3.63, 3.8) is 0 Å². The third-order valence-corrected chi connectivity index (χ3v) is 4.46. The average Bonchev–Trinajstić information content (AvgIpc) is 2.36. The molecule has 0 atom stereocenters. The number of piperazine rings is 1. The highest BCUT2D eigenvalue weighted by Crippen LogP contribution is 2.17. The van der Waals surface area contributed by atoms with E-state index in [1.165, 1.54) is 64.8 Å². The summed E-state index contributed by atoms with van der Waals surface area (Å²) in [6.45, 7) is 11.1. The van der Waals surface area contributed by atoms with Crippen LogP contribution in [0.25, 0.3) is 0 Å². The molecule has 0 aliphatic carbocycles. The van der Waals surface area contributed by atoms with Crippen LogP contribution in [0.1, 0.15) is 46.0 Å². The lowest BCUT2D eigenvalue weighted by Gasteiger charge is -2.31. The fourth-order valence-corrected chi connectivity index (χ4v) is 3.11. The van der Waals surface area contributed by atoms with Gasteiger partial charge in [0.05, 0.1) is 19.6 Å². The summed E-state index contributed by atoms with van der Waals surface area (Å²) in [6.07, 6.45) is 6.92. The lowest BCUT2D eigenvalue weighted by molar-refractivity contribution is -0.551. The first-order chi connectivity index (χ1) is 7.83. The molecule has 3 rings (SSSR count). The van der Waals surface area contributed by atoms with Crippen LogP contribution in [0.2, 0.25) is 0 Å². The van der Waals surface area contributed by atoms with Gasteiger partial charge in [-0.15, -0.1) is 0 Å². The third-order valence-electron chi connectivity index (χ3n) is 4.46. The van der Waals surface area contributed by atoms with Crippen LogP contribution < -0.4 is 0 Å². The van der Waals surface area contributed by atoms with Gasteiger partial charge in [0, 0.05) is 6.42 Å². The summed E-state index contributed by atoms with van der Waals surface area (Å²) in [5.74, 6) is 0.969. The first-order valence-corrected chi connectivity index (χ1v) is 7.15. The highest BCUT2D eigenvalue weighted by atomic mass is 15.3. The number of hydrogen-bond acceptors (Lipinski definition) is 1. The van der Waals surface area contributed by atoms with Gasteiger partial charge in [-0.3, -0.25) is 4.90 Å². The Balaban J connectivity index is 1.76. The largest absolute Gasteiger partial charge is 0.281 e. The number of nitrogens with zero attached hydrogens (tertiary/aromatic N) is 2. The molecule has 0 spiro atoms. The van der Waals surface area contributed by atoms with Gasteiger partial charge in [-0.05, 0) is 18.8 Å². The number of hydrogen-bond donors (Lipinski definition) is 0. The molecule has 0 N–H and O–H groups in total. The van der Waals surface area contributed by atoms with Crippen LogP contribution in [0.3, 0.4) is 0 Å². The fourth-order valence-electron chi connectivity index (χ4n) is 3.11. The third kappa shape index (κ3) is 2.85. The topological polar surface area (TPSA) is 6.25 Å². The molecule has 3 aliphatic heterocycles. The zero-order valence-electron chi connectivity index (χ0n) is 11.0. The Morgan fingerprint density at radius 1 is 1.19 bits per heavy atom. The molecule has 16 heavy (non-hydrogen) atoms. The van der Waals surface area contributed by atoms with Gasteiger partial charge in [0.2, 0.25) is 0 Å². The van der Waals surface area contributed by atoms with Crippen LogP contribution in [0.15, 0.2) is 0 Å². The summed E-state index contributed by atoms with van der Waals surface area (Å²) >= 11 is 0. The smallest absolute Gasteiger partial charge is 0.166 e. The van der Waals surface area contributed by atoms with E-state index in [2.05, 4.69) is 23.3 Å². The SMILES string of the molecule is CCC(CC)CCCC1=[N+]2CCN(CC2)C1. The quantitative estimate of drug-likeness (QED) is 0.627. The Hall–Kier alpha value is -0.370. The van der Waals surface area contributed by atoms with Crippen molar-refractivity contribution >= 4 is 5.71 Å². The highest BCUT2D eigenvalue weighted by molar-refractivity contribution is 5.82. The fraction of sp³-hybridized carbons (Fsp3) is 0.929. The van der Waals surface area contributed by atoms with Crippen LogP contribution >= 0.6 is 0 Å². The van der Waals surface area contributed by atoms with Crippen LogP contribution in [-0.4, -0.2) is 47.9 Å². The predicted octanol–water partition coefficient (Wildman–Crippen LogP) is 2.38. The molecule has 2 bridgehead atoms. The summed E-state index contributed by atoms with van der Waals surface area (Å²) in [5.41, 5.74) is 1.73. The second-order valence-electron chi connectivity index (χ2n) is 5.40. The van der Waals surface area contributed by atoms with E-state index in [1.807, 2.05) is 0 Å². The molecule has 0 amide bonds. The molecular weight excluding hydrogens is 196 g/mol. The van der Waals surface area contributed by atoms with Gasteiger partial charge in [-0.1, -0.05) is 26.7 Å². The Bertz CT molecular complexity index is 243. The molecule has 2 heteroatoms. The van der Waals surface area contributed by atoms with Crippen molar-refractivity contribution in [1.82, 2.24) is 4.90 Å². The zero-order chi connectivity index (χ0) is 11.4. The molecular formula is C14H27N2+. The van der Waals surface area contributed by atoms with Crippen molar-refractivity contribution in [2.75, 3.05) is 32.7 Å². The maximum Gasteiger partial charge on any atom is 0.166 e. The highest BCUT2D eigenvalue weighted by Gasteiger charge is 2.30. The van der Waals surface area contributed by atoms with Crippen molar-refractivity contribution in [1.29, 1.82) is 0 Å². The zero-order valence-corrected chi connectivity index (χ0v) is 11.0. The molecule has 92 valence electrons. The van der Waals surface area contributed by atoms with E-state index in [9.17, 15) is 0 Å². The van der Waals surface area contributed by atoms with E-state index in [1.54, 1.807) is 5.71 Å². The predicted molar refractivity (Wildman–Crippen MR) is 69.4 cm³/mol. The van der Waals surface area contributed by atoms with Gasteiger partial charge in [-0.25, -0.2) is 4.58 Å². The van der Waals surface area contributed by atoms with Crippen molar-refractivity contribution in [2.24, 2.45) is 5.92 Å². The van der Waals surface area contributed by atoms with Crippen LogP contribution in [-0.2, 0) is 0 Å². The van der Waals surface area contributed by atoms with E-state index in [0.29, 0.717) is 0 Å². The van der Waals surface area contributed by atoms with Gasteiger partial charge in [0.25, 0.3) is 0 Å². The molecule has 3 aliphatic rings. The standard InChI is InChI=1S/C14H27N2/c1-3-13(4-2)6-5-7-14-12-15-8-10-16(14)11-9-15/h13H,3-12H2,1-2H3/q+1. The molecule has 2 nitrogen and oxygen atoms in total. The van der Waals surface area contributed by atoms with Crippen LogP contribution in [0, 0.1) is 5.92 Å². The maximum atomic E-state index is 2.65. The minimum atomic E-state index is 0.969. The van der Waals surface area contributed by atoms with Gasteiger partial charge in [-0.2, -0.15) is 0 Å². The normalized spacial score (nSPS) is 21.2. The van der Waals surface area contributed by atoms with E-state index in [-0.39, 0.29) is 0 Å². The average molecular weight is 223 g/mol. The van der Waals surface area contributed by atoms with E-state index in [0.717, 1.165) is 5.92 Å². The van der Waals surface area contributed by atoms with Gasteiger partial charge >= 0.3 is 0 Å². The Labute approximate surface area is 100 Å². The van der Waals surface area contributed by atoms with Crippen LogP contribution in [0.5, 0.6) is 0 Å². The van der Waals surface area contributed by atoms with Crippen molar-refractivity contribution in [2.45, 2.75) is 46.0 Å². The Kier molecular flexibility index (Phi) is 4.39. The maximum absolute atomic E-state index is 2.65. The number of fused-ring (bicyclic) bond motifs is 3. The lowest BCUT2D eigenvalue weighted by atomic mass is 9.95. The molecule has 3 heterocycles. The molecule has 0 radical (unpaired) electrons. The minimum Gasteiger partial charge on any atom is -0.281 e. The lowest BCUT2D eigenvalue weighted by Crippen LogP contribution is -2.53. The second kappa shape index (κ2) is 5.81. The van der Waals surface area contributed by atoms with Crippen molar-refractivity contribution in [3.05, 3.63) is 0 Å². The monoisotopic (exact) mass is 223 g/mol. The molecule has 1 fully saturated rings. The van der Waals surface area contributed by atoms with Gasteiger partial charge < -0.3 is 0 Å². The Morgan fingerprint density at radius 3 is 2.38 bits per heavy atom. The molecule has 0 aromatic carbocycles. The summed E-state index contributed by atoms with van der Waals surface area (Å²) in [5, 5.41) is 0. The second-order valence-corrected chi connectivity index (χ2v) is 5.40. The minimum absolute atomic E-state index is 0.969. The van der Waals surface area contributed by atoms with Crippen molar-refractivity contribution in [3.8, 4) is 0 Å². The Morgan fingerprint density at radius 2 is 1.88 bits per heavy atom. The van der Waals surface area contributed by atoms with E-state index >= 15 is 0 Å². The van der Waals surface area contributed by atoms with Crippen LogP contribution in [0.4, 0.5) is 0 Å². The van der Waals surface area contributed by atoms with Crippen molar-refractivity contribution < 1.29 is 4.58 Å². The van der Waals surface area contributed by atoms with E-state index < -0.39 is 0 Å². The molecule has 0 unspecified atom stereocenters. The number of rotatable bonds is 6.